The van der Waals surface area contributed by atoms with Gasteiger partial charge in [-0.05, 0) is 26.7 Å². The first kappa shape index (κ1) is 12.3. The van der Waals surface area contributed by atoms with Gasteiger partial charge in [0.15, 0.2) is 0 Å². The van der Waals surface area contributed by atoms with Crippen molar-refractivity contribution >= 4 is 6.03 Å². The molecule has 0 unspecified atom stereocenters. The van der Waals surface area contributed by atoms with Crippen molar-refractivity contribution in [3.8, 4) is 0 Å². The summed E-state index contributed by atoms with van der Waals surface area (Å²) in [5.74, 6) is 0. The van der Waals surface area contributed by atoms with Crippen molar-refractivity contribution in [1.29, 1.82) is 0 Å². The fraction of sp³-hybridized carbons (Fsp3) is 0.909. The Morgan fingerprint density at radius 2 is 2.00 bits per heavy atom. The van der Waals surface area contributed by atoms with Crippen LogP contribution in [0.2, 0.25) is 0 Å². The number of urea groups is 1. The van der Waals surface area contributed by atoms with Crippen LogP contribution in [0.4, 0.5) is 4.79 Å². The van der Waals surface area contributed by atoms with E-state index >= 15 is 0 Å². The van der Waals surface area contributed by atoms with Crippen LogP contribution in [0.15, 0.2) is 0 Å². The molecule has 1 aliphatic rings. The molecule has 4 nitrogen and oxygen atoms in total. The third-order valence-electron chi connectivity index (χ3n) is 2.92. The van der Waals surface area contributed by atoms with Gasteiger partial charge in [-0.25, -0.2) is 4.79 Å². The van der Waals surface area contributed by atoms with Gasteiger partial charge in [-0.1, -0.05) is 12.8 Å². The van der Waals surface area contributed by atoms with Gasteiger partial charge in [0.1, 0.15) is 0 Å². The second-order valence-electron chi connectivity index (χ2n) is 4.77. The van der Waals surface area contributed by atoms with Gasteiger partial charge >= 0.3 is 6.03 Å². The third kappa shape index (κ3) is 4.51. The Balaban J connectivity index is 2.18. The average molecular weight is 214 g/mol. The molecule has 0 aromatic rings. The van der Waals surface area contributed by atoms with E-state index in [0.29, 0.717) is 12.6 Å². The normalized spacial score (nSPS) is 17.8. The molecule has 0 aromatic heterocycles. The maximum atomic E-state index is 11.5. The first-order valence-electron chi connectivity index (χ1n) is 5.63. The van der Waals surface area contributed by atoms with Crippen molar-refractivity contribution in [1.82, 2.24) is 10.6 Å². The number of ether oxygens (including phenoxy) is 1. The van der Waals surface area contributed by atoms with Gasteiger partial charge in [0.25, 0.3) is 0 Å². The molecule has 0 bridgehead atoms. The molecular formula is C11H22N2O2. The molecule has 4 heteroatoms. The molecule has 1 saturated carbocycles. The van der Waals surface area contributed by atoms with Crippen molar-refractivity contribution in [2.45, 2.75) is 51.2 Å². The van der Waals surface area contributed by atoms with Crippen LogP contribution >= 0.6 is 0 Å². The predicted octanol–water partition coefficient (Wildman–Crippen LogP) is 1.65. The summed E-state index contributed by atoms with van der Waals surface area (Å²) in [6.07, 6.45) is 4.69. The number of nitrogens with one attached hydrogen (secondary N) is 2. The van der Waals surface area contributed by atoms with Crippen LogP contribution in [-0.4, -0.2) is 31.3 Å². The molecule has 0 aliphatic heterocycles. The highest BCUT2D eigenvalue weighted by atomic mass is 16.5. The van der Waals surface area contributed by atoms with E-state index in [1.807, 2.05) is 13.8 Å². The average Bonchev–Trinajstić information content (AvgIpc) is 2.68. The van der Waals surface area contributed by atoms with Gasteiger partial charge in [0, 0.05) is 19.7 Å². The molecule has 1 fully saturated rings. The molecule has 88 valence electrons. The summed E-state index contributed by atoms with van der Waals surface area (Å²) in [4.78, 5) is 11.5. The van der Waals surface area contributed by atoms with E-state index in [-0.39, 0.29) is 11.6 Å². The summed E-state index contributed by atoms with van der Waals surface area (Å²) in [6, 6.07) is 0.294. The van der Waals surface area contributed by atoms with Crippen LogP contribution in [0.1, 0.15) is 39.5 Å². The van der Waals surface area contributed by atoms with Gasteiger partial charge in [-0.2, -0.15) is 0 Å². The highest BCUT2D eigenvalue weighted by Gasteiger charge is 2.20. The summed E-state index contributed by atoms with van der Waals surface area (Å²) >= 11 is 0. The second-order valence-corrected chi connectivity index (χ2v) is 4.77. The van der Waals surface area contributed by atoms with Gasteiger partial charge in [0.05, 0.1) is 5.60 Å². The lowest BCUT2D eigenvalue weighted by molar-refractivity contribution is 0.0253. The number of carbonyl (C=O) groups is 1. The van der Waals surface area contributed by atoms with Crippen LogP contribution in [0.5, 0.6) is 0 Å². The molecule has 0 atom stereocenters. The zero-order valence-corrected chi connectivity index (χ0v) is 9.93. The maximum absolute atomic E-state index is 11.5. The summed E-state index contributed by atoms with van der Waals surface area (Å²) in [6.45, 7) is 4.42. The van der Waals surface area contributed by atoms with Gasteiger partial charge in [0.2, 0.25) is 0 Å². The lowest BCUT2D eigenvalue weighted by atomic mass is 10.1. The van der Waals surface area contributed by atoms with E-state index in [4.69, 9.17) is 4.74 Å². The lowest BCUT2D eigenvalue weighted by Crippen LogP contribution is -2.46. The van der Waals surface area contributed by atoms with E-state index in [1.165, 1.54) is 12.8 Å². The van der Waals surface area contributed by atoms with Crippen molar-refractivity contribution in [3.63, 3.8) is 0 Å². The Hall–Kier alpha value is -0.770. The molecule has 0 spiro atoms. The van der Waals surface area contributed by atoms with E-state index < -0.39 is 0 Å². The zero-order valence-electron chi connectivity index (χ0n) is 9.93. The number of methoxy groups -OCH3 is 1. The number of carbonyl (C=O) groups excluding carboxylic acids is 1. The topological polar surface area (TPSA) is 50.4 Å². The van der Waals surface area contributed by atoms with Crippen LogP contribution in [0.25, 0.3) is 0 Å². The lowest BCUT2D eigenvalue weighted by Gasteiger charge is -2.23. The molecule has 0 radical (unpaired) electrons. The summed E-state index contributed by atoms with van der Waals surface area (Å²) < 4.78 is 5.22. The van der Waals surface area contributed by atoms with Gasteiger partial charge in [-0.3, -0.25) is 0 Å². The molecule has 1 aliphatic carbocycles. The smallest absolute Gasteiger partial charge is 0.315 e. The summed E-state index contributed by atoms with van der Waals surface area (Å²) in [5.41, 5.74) is -0.299. The molecule has 0 heterocycles. The minimum atomic E-state index is -0.299. The Kier molecular flexibility index (Phi) is 4.39. The minimum Gasteiger partial charge on any atom is -0.377 e. The SMILES string of the molecule is COC(C)(C)CNC(=O)NC1CCCC1. The first-order chi connectivity index (χ1) is 7.03. The number of hydrogen-bond donors (Lipinski definition) is 2. The minimum absolute atomic E-state index is 0.0768. The number of amides is 2. The maximum Gasteiger partial charge on any atom is 0.315 e. The highest BCUT2D eigenvalue weighted by Crippen LogP contribution is 2.17. The van der Waals surface area contributed by atoms with Crippen molar-refractivity contribution in [3.05, 3.63) is 0 Å². The van der Waals surface area contributed by atoms with Crippen LogP contribution in [0, 0.1) is 0 Å². The van der Waals surface area contributed by atoms with Crippen LogP contribution in [0.3, 0.4) is 0 Å². The molecule has 0 saturated heterocycles. The highest BCUT2D eigenvalue weighted by molar-refractivity contribution is 5.74. The van der Waals surface area contributed by atoms with E-state index in [1.54, 1.807) is 7.11 Å². The second kappa shape index (κ2) is 5.35. The monoisotopic (exact) mass is 214 g/mol. The van der Waals surface area contributed by atoms with Crippen molar-refractivity contribution in [2.24, 2.45) is 0 Å². The number of hydrogen-bond acceptors (Lipinski definition) is 2. The Morgan fingerprint density at radius 3 is 2.53 bits per heavy atom. The molecule has 1 rings (SSSR count). The molecule has 0 aromatic carbocycles. The fourth-order valence-electron chi connectivity index (χ4n) is 1.67. The zero-order chi connectivity index (χ0) is 11.3. The van der Waals surface area contributed by atoms with Gasteiger partial charge in [-0.15, -0.1) is 0 Å². The predicted molar refractivity (Wildman–Crippen MR) is 59.9 cm³/mol. The summed E-state index contributed by atoms with van der Waals surface area (Å²) in [5, 5.41) is 5.80. The largest absolute Gasteiger partial charge is 0.377 e. The van der Waals surface area contributed by atoms with E-state index in [0.717, 1.165) is 12.8 Å². The Labute approximate surface area is 91.8 Å². The Bertz CT molecular complexity index is 211. The third-order valence-corrected chi connectivity index (χ3v) is 2.92. The fourth-order valence-corrected chi connectivity index (χ4v) is 1.67. The quantitative estimate of drug-likeness (QED) is 0.747. The molecule has 2 N–H and O–H groups in total. The van der Waals surface area contributed by atoms with Crippen LogP contribution in [-0.2, 0) is 4.74 Å². The van der Waals surface area contributed by atoms with Crippen molar-refractivity contribution in [2.75, 3.05) is 13.7 Å². The van der Waals surface area contributed by atoms with Crippen LogP contribution < -0.4 is 10.6 Å². The van der Waals surface area contributed by atoms with Gasteiger partial charge < -0.3 is 15.4 Å². The first-order valence-corrected chi connectivity index (χ1v) is 5.63. The van der Waals surface area contributed by atoms with E-state index in [9.17, 15) is 4.79 Å². The molecule has 15 heavy (non-hydrogen) atoms. The molecule has 2 amide bonds. The van der Waals surface area contributed by atoms with Crippen molar-refractivity contribution < 1.29 is 9.53 Å². The van der Waals surface area contributed by atoms with E-state index in [2.05, 4.69) is 10.6 Å². The standard InChI is InChI=1S/C11H22N2O2/c1-11(2,15-3)8-12-10(14)13-9-6-4-5-7-9/h9H,4-8H2,1-3H3,(H2,12,13,14). The Morgan fingerprint density at radius 1 is 1.40 bits per heavy atom. The molecular weight excluding hydrogens is 192 g/mol. The summed E-state index contributed by atoms with van der Waals surface area (Å²) in [7, 11) is 1.65. The number of rotatable bonds is 4.